The molecule has 3 rings (SSSR count). The van der Waals surface area contributed by atoms with E-state index in [0.29, 0.717) is 11.4 Å². The Morgan fingerprint density at radius 2 is 2.17 bits per heavy atom. The van der Waals surface area contributed by atoms with E-state index in [2.05, 4.69) is 10.2 Å². The van der Waals surface area contributed by atoms with E-state index in [1.165, 1.54) is 12.1 Å². The Morgan fingerprint density at radius 1 is 1.39 bits per heavy atom. The zero-order valence-corrected chi connectivity index (χ0v) is 9.90. The summed E-state index contributed by atoms with van der Waals surface area (Å²) in [5.74, 6) is 0.105. The molecule has 94 valence electrons. The summed E-state index contributed by atoms with van der Waals surface area (Å²) in [6, 6.07) is 4.67. The molecule has 1 aliphatic rings. The molecule has 1 aromatic heterocycles. The Kier molecular flexibility index (Phi) is 2.74. The van der Waals surface area contributed by atoms with E-state index in [1.54, 1.807) is 11.0 Å². The number of aromatic amines is 1. The van der Waals surface area contributed by atoms with Crippen molar-refractivity contribution in [1.29, 1.82) is 0 Å². The second-order valence-electron chi connectivity index (χ2n) is 4.71. The number of aromatic nitrogens is 2. The minimum Gasteiger partial charge on any atom is -0.345 e. The van der Waals surface area contributed by atoms with Gasteiger partial charge in [0.2, 0.25) is 6.41 Å². The number of carbonyl (C=O) groups excluding carboxylic acids is 1. The number of nitrogens with one attached hydrogen (secondary N) is 1. The molecule has 0 saturated carbocycles. The van der Waals surface area contributed by atoms with Gasteiger partial charge in [-0.2, -0.15) is 5.10 Å². The van der Waals surface area contributed by atoms with Crippen LogP contribution in [-0.2, 0) is 4.79 Å². The van der Waals surface area contributed by atoms with Crippen molar-refractivity contribution in [3.63, 3.8) is 0 Å². The van der Waals surface area contributed by atoms with Crippen LogP contribution in [0.4, 0.5) is 4.39 Å². The second kappa shape index (κ2) is 4.40. The highest BCUT2D eigenvalue weighted by atomic mass is 19.1. The summed E-state index contributed by atoms with van der Waals surface area (Å²) in [5.41, 5.74) is 1.73. The van der Waals surface area contributed by atoms with Gasteiger partial charge in [0, 0.05) is 36.2 Å². The largest absolute Gasteiger partial charge is 0.345 e. The van der Waals surface area contributed by atoms with Gasteiger partial charge in [0.1, 0.15) is 5.82 Å². The van der Waals surface area contributed by atoms with E-state index in [9.17, 15) is 9.18 Å². The maximum absolute atomic E-state index is 13.1. The molecule has 1 aliphatic heterocycles. The highest BCUT2D eigenvalue weighted by molar-refractivity contribution is 5.81. The maximum atomic E-state index is 13.1. The minimum absolute atomic E-state index is 0.267. The Bertz CT molecular complexity index is 573. The predicted octanol–water partition coefficient (Wildman–Crippen LogP) is 2.04. The molecule has 0 bridgehead atoms. The van der Waals surface area contributed by atoms with Gasteiger partial charge >= 0.3 is 0 Å². The lowest BCUT2D eigenvalue weighted by atomic mass is 9.92. The molecular formula is C13H14FN3O. The van der Waals surface area contributed by atoms with Crippen molar-refractivity contribution in [3.8, 4) is 0 Å². The first kappa shape index (κ1) is 11.2. The quantitative estimate of drug-likeness (QED) is 0.825. The zero-order valence-electron chi connectivity index (χ0n) is 9.90. The van der Waals surface area contributed by atoms with E-state index in [1.807, 2.05) is 0 Å². The van der Waals surface area contributed by atoms with Gasteiger partial charge in [-0.15, -0.1) is 0 Å². The summed E-state index contributed by atoms with van der Waals surface area (Å²) in [7, 11) is 0. The molecule has 18 heavy (non-hydrogen) atoms. The summed E-state index contributed by atoms with van der Waals surface area (Å²) in [4.78, 5) is 12.5. The molecule has 1 fully saturated rings. The van der Waals surface area contributed by atoms with Gasteiger partial charge in [-0.05, 0) is 25.0 Å². The van der Waals surface area contributed by atoms with Crippen LogP contribution in [0.15, 0.2) is 18.2 Å². The van der Waals surface area contributed by atoms with Crippen LogP contribution in [0.2, 0.25) is 0 Å². The number of fused-ring (bicyclic) bond motifs is 1. The topological polar surface area (TPSA) is 49.0 Å². The van der Waals surface area contributed by atoms with E-state index in [4.69, 9.17) is 0 Å². The standard InChI is InChI=1S/C13H14FN3O/c14-10-1-2-11-12(7-10)15-16-13(11)9-3-5-17(8-18)6-4-9/h1-2,7-9H,3-6H2,(H,15,16). The molecule has 0 atom stereocenters. The number of amides is 1. The minimum atomic E-state index is -0.267. The normalized spacial score (nSPS) is 17.3. The number of carbonyl (C=O) groups is 1. The fourth-order valence-electron chi connectivity index (χ4n) is 2.61. The third-order valence-electron chi connectivity index (χ3n) is 3.63. The van der Waals surface area contributed by atoms with Crippen LogP contribution in [0.25, 0.3) is 10.9 Å². The lowest BCUT2D eigenvalue weighted by Gasteiger charge is -2.28. The van der Waals surface area contributed by atoms with Crippen molar-refractivity contribution in [3.05, 3.63) is 29.7 Å². The molecule has 5 heteroatoms. The Morgan fingerprint density at radius 3 is 2.89 bits per heavy atom. The van der Waals surface area contributed by atoms with Crippen molar-refractivity contribution in [1.82, 2.24) is 15.1 Å². The molecule has 2 heterocycles. The Labute approximate surface area is 104 Å². The average Bonchev–Trinajstić information content (AvgIpc) is 2.81. The van der Waals surface area contributed by atoms with E-state index in [-0.39, 0.29) is 5.82 Å². The number of nitrogens with zero attached hydrogens (tertiary/aromatic N) is 2. The average molecular weight is 247 g/mol. The molecular weight excluding hydrogens is 233 g/mol. The van der Waals surface area contributed by atoms with Crippen molar-refractivity contribution in [2.24, 2.45) is 0 Å². The number of halogens is 1. The number of benzene rings is 1. The Balaban J connectivity index is 1.89. The predicted molar refractivity (Wildman–Crippen MR) is 65.7 cm³/mol. The molecule has 4 nitrogen and oxygen atoms in total. The van der Waals surface area contributed by atoms with Crippen LogP contribution in [0, 0.1) is 5.82 Å². The first-order chi connectivity index (χ1) is 8.78. The zero-order chi connectivity index (χ0) is 12.5. The molecule has 1 aromatic carbocycles. The molecule has 0 aliphatic carbocycles. The molecule has 1 saturated heterocycles. The van der Waals surface area contributed by atoms with Crippen LogP contribution >= 0.6 is 0 Å². The summed E-state index contributed by atoms with van der Waals surface area (Å²) >= 11 is 0. The van der Waals surface area contributed by atoms with Crippen LogP contribution in [0.1, 0.15) is 24.5 Å². The van der Waals surface area contributed by atoms with Crippen molar-refractivity contribution in [2.75, 3.05) is 13.1 Å². The van der Waals surface area contributed by atoms with Gasteiger partial charge in [-0.3, -0.25) is 9.89 Å². The summed E-state index contributed by atoms with van der Waals surface area (Å²) in [5, 5.41) is 8.15. The highest BCUT2D eigenvalue weighted by Crippen LogP contribution is 2.31. The van der Waals surface area contributed by atoms with E-state index in [0.717, 1.165) is 43.4 Å². The van der Waals surface area contributed by atoms with Crippen molar-refractivity contribution < 1.29 is 9.18 Å². The number of hydrogen-bond acceptors (Lipinski definition) is 2. The van der Waals surface area contributed by atoms with Crippen LogP contribution < -0.4 is 0 Å². The lowest BCUT2D eigenvalue weighted by Crippen LogP contribution is -2.31. The lowest BCUT2D eigenvalue weighted by molar-refractivity contribution is -0.119. The van der Waals surface area contributed by atoms with Gasteiger partial charge in [-0.1, -0.05) is 0 Å². The van der Waals surface area contributed by atoms with Gasteiger partial charge in [0.05, 0.1) is 5.52 Å². The number of piperidine rings is 1. The van der Waals surface area contributed by atoms with Crippen molar-refractivity contribution >= 4 is 17.3 Å². The number of hydrogen-bond donors (Lipinski definition) is 1. The van der Waals surface area contributed by atoms with Gasteiger partial charge in [0.25, 0.3) is 0 Å². The molecule has 0 unspecified atom stereocenters. The van der Waals surface area contributed by atoms with Crippen LogP contribution in [0.3, 0.4) is 0 Å². The first-order valence-corrected chi connectivity index (χ1v) is 6.11. The first-order valence-electron chi connectivity index (χ1n) is 6.11. The molecule has 0 spiro atoms. The number of rotatable bonds is 2. The Hall–Kier alpha value is -1.91. The summed E-state index contributed by atoms with van der Waals surface area (Å²) in [6.45, 7) is 1.55. The molecule has 1 N–H and O–H groups in total. The second-order valence-corrected chi connectivity index (χ2v) is 4.71. The van der Waals surface area contributed by atoms with E-state index < -0.39 is 0 Å². The third-order valence-corrected chi connectivity index (χ3v) is 3.63. The van der Waals surface area contributed by atoms with Gasteiger partial charge in [-0.25, -0.2) is 4.39 Å². The fourth-order valence-corrected chi connectivity index (χ4v) is 2.61. The maximum Gasteiger partial charge on any atom is 0.209 e. The van der Waals surface area contributed by atoms with Gasteiger partial charge < -0.3 is 4.90 Å². The SMILES string of the molecule is O=CN1CCC(c2[nH]nc3cc(F)ccc23)CC1. The highest BCUT2D eigenvalue weighted by Gasteiger charge is 2.22. The van der Waals surface area contributed by atoms with Crippen LogP contribution in [-0.4, -0.2) is 34.6 Å². The molecule has 2 aromatic rings. The third kappa shape index (κ3) is 1.85. The van der Waals surface area contributed by atoms with Gasteiger partial charge in [0.15, 0.2) is 0 Å². The summed E-state index contributed by atoms with van der Waals surface area (Å²) in [6.07, 6.45) is 2.75. The number of likely N-dealkylation sites (tertiary alicyclic amines) is 1. The smallest absolute Gasteiger partial charge is 0.209 e. The van der Waals surface area contributed by atoms with Crippen LogP contribution in [0.5, 0.6) is 0 Å². The molecule has 1 amide bonds. The fraction of sp³-hybridized carbons (Fsp3) is 0.385. The number of H-pyrrole nitrogens is 1. The van der Waals surface area contributed by atoms with Crippen molar-refractivity contribution in [2.45, 2.75) is 18.8 Å². The molecule has 0 radical (unpaired) electrons. The summed E-state index contributed by atoms with van der Waals surface area (Å²) < 4.78 is 13.1. The monoisotopic (exact) mass is 247 g/mol. The van der Waals surface area contributed by atoms with E-state index >= 15 is 0 Å².